The van der Waals surface area contributed by atoms with E-state index in [1.54, 1.807) is 11.0 Å². The number of hydrogen-bond donors (Lipinski definition) is 0. The molecule has 27 heavy (non-hydrogen) atoms. The summed E-state index contributed by atoms with van der Waals surface area (Å²) in [4.78, 5) is 28.0. The van der Waals surface area contributed by atoms with Crippen molar-refractivity contribution in [3.05, 3.63) is 30.0 Å². The standard InChI is InChI=1S/C20H27N3O4/c1-20(2,3)27-19(25)23-10-8-22(9-11-23)17-13-21(4)16-12-14(18(24)26-5)6-7-15(16)17/h6-7,12-13H,8-11H2,1-5H3. The molecule has 7 heteroatoms. The van der Waals surface area contributed by atoms with Crippen LogP contribution in [0.15, 0.2) is 24.4 Å². The van der Waals surface area contributed by atoms with Gasteiger partial charge in [-0.1, -0.05) is 0 Å². The first kappa shape index (κ1) is 19.1. The van der Waals surface area contributed by atoms with Gasteiger partial charge in [0.05, 0.1) is 23.9 Å². The van der Waals surface area contributed by atoms with Gasteiger partial charge in [0.15, 0.2) is 0 Å². The highest BCUT2D eigenvalue weighted by Crippen LogP contribution is 2.30. The van der Waals surface area contributed by atoms with Gasteiger partial charge in [0.25, 0.3) is 0 Å². The number of nitrogens with zero attached hydrogens (tertiary/aromatic N) is 3. The predicted octanol–water partition coefficient (Wildman–Crippen LogP) is 3.02. The zero-order valence-corrected chi connectivity index (χ0v) is 16.6. The molecule has 7 nitrogen and oxygen atoms in total. The highest BCUT2D eigenvalue weighted by atomic mass is 16.6. The molecular formula is C20H27N3O4. The van der Waals surface area contributed by atoms with Crippen LogP contribution in [-0.4, -0.2) is 60.4 Å². The molecule has 0 bridgehead atoms. The zero-order chi connectivity index (χ0) is 19.8. The van der Waals surface area contributed by atoms with E-state index in [9.17, 15) is 9.59 Å². The molecule has 3 rings (SSSR count). The minimum absolute atomic E-state index is 0.261. The summed E-state index contributed by atoms with van der Waals surface area (Å²) < 4.78 is 12.3. The Morgan fingerprint density at radius 3 is 2.33 bits per heavy atom. The van der Waals surface area contributed by atoms with Crippen LogP contribution in [0.3, 0.4) is 0 Å². The molecule has 1 aromatic heterocycles. The summed E-state index contributed by atoms with van der Waals surface area (Å²) in [7, 11) is 3.34. The first-order chi connectivity index (χ1) is 12.7. The highest BCUT2D eigenvalue weighted by Gasteiger charge is 2.27. The zero-order valence-electron chi connectivity index (χ0n) is 16.6. The van der Waals surface area contributed by atoms with Crippen LogP contribution in [0.4, 0.5) is 10.5 Å². The number of rotatable bonds is 2. The van der Waals surface area contributed by atoms with E-state index in [1.165, 1.54) is 7.11 Å². The van der Waals surface area contributed by atoms with Crippen LogP contribution in [0.25, 0.3) is 10.9 Å². The summed E-state index contributed by atoms with van der Waals surface area (Å²) in [5, 5.41) is 1.08. The lowest BCUT2D eigenvalue weighted by Gasteiger charge is -2.36. The fraction of sp³-hybridized carbons (Fsp3) is 0.500. The Bertz CT molecular complexity index is 858. The van der Waals surface area contributed by atoms with E-state index >= 15 is 0 Å². The Labute approximate surface area is 159 Å². The van der Waals surface area contributed by atoms with Crippen LogP contribution >= 0.6 is 0 Å². The second-order valence-electron chi connectivity index (χ2n) is 7.80. The first-order valence-corrected chi connectivity index (χ1v) is 9.10. The van der Waals surface area contributed by atoms with Gasteiger partial charge in [0.1, 0.15) is 5.60 Å². The molecule has 0 radical (unpaired) electrons. The molecule has 1 aromatic carbocycles. The minimum atomic E-state index is -0.485. The van der Waals surface area contributed by atoms with Crippen molar-refractivity contribution in [3.63, 3.8) is 0 Å². The van der Waals surface area contributed by atoms with Gasteiger partial charge >= 0.3 is 12.1 Å². The van der Waals surface area contributed by atoms with Gasteiger partial charge in [-0.3, -0.25) is 0 Å². The van der Waals surface area contributed by atoms with E-state index in [4.69, 9.17) is 9.47 Å². The number of anilines is 1. The molecule has 2 heterocycles. The van der Waals surface area contributed by atoms with Crippen LogP contribution in [0.2, 0.25) is 0 Å². The van der Waals surface area contributed by atoms with Gasteiger partial charge < -0.3 is 23.8 Å². The molecule has 0 atom stereocenters. The largest absolute Gasteiger partial charge is 0.465 e. The summed E-state index contributed by atoms with van der Waals surface area (Å²) in [5.74, 6) is -0.342. The number of aromatic nitrogens is 1. The van der Waals surface area contributed by atoms with Gasteiger partial charge in [-0.25, -0.2) is 9.59 Å². The lowest BCUT2D eigenvalue weighted by Crippen LogP contribution is -2.50. The van der Waals surface area contributed by atoms with E-state index in [-0.39, 0.29) is 12.1 Å². The van der Waals surface area contributed by atoms with Crippen molar-refractivity contribution in [2.24, 2.45) is 7.05 Å². The molecule has 0 N–H and O–H groups in total. The predicted molar refractivity (Wildman–Crippen MR) is 104 cm³/mol. The third-order valence-electron chi connectivity index (χ3n) is 4.66. The summed E-state index contributed by atoms with van der Waals surface area (Å²) >= 11 is 0. The number of hydrogen-bond acceptors (Lipinski definition) is 5. The molecule has 0 unspecified atom stereocenters. The number of benzene rings is 1. The number of ether oxygens (including phenoxy) is 2. The molecule has 0 aliphatic carbocycles. The van der Waals surface area contributed by atoms with Crippen molar-refractivity contribution >= 4 is 28.7 Å². The quantitative estimate of drug-likeness (QED) is 0.757. The summed E-state index contributed by atoms with van der Waals surface area (Å²) in [6.45, 7) is 8.32. The van der Waals surface area contributed by atoms with Crippen molar-refractivity contribution in [1.29, 1.82) is 0 Å². The average Bonchev–Trinajstić information content (AvgIpc) is 2.96. The van der Waals surface area contributed by atoms with Crippen molar-refractivity contribution in [3.8, 4) is 0 Å². The second-order valence-corrected chi connectivity index (χ2v) is 7.80. The number of esters is 1. The van der Waals surface area contributed by atoms with Crippen molar-refractivity contribution < 1.29 is 19.1 Å². The summed E-state index contributed by atoms with van der Waals surface area (Å²) in [5.41, 5.74) is 2.13. The molecule has 0 saturated carbocycles. The normalized spacial score (nSPS) is 15.1. The monoisotopic (exact) mass is 373 g/mol. The van der Waals surface area contributed by atoms with Gasteiger partial charge in [-0.05, 0) is 39.0 Å². The fourth-order valence-electron chi connectivity index (χ4n) is 3.32. The van der Waals surface area contributed by atoms with E-state index in [1.807, 2.05) is 44.5 Å². The summed E-state index contributed by atoms with van der Waals surface area (Å²) in [6.07, 6.45) is 1.80. The molecule has 1 aliphatic heterocycles. The van der Waals surface area contributed by atoms with Gasteiger partial charge in [0.2, 0.25) is 0 Å². The Morgan fingerprint density at radius 1 is 1.07 bits per heavy atom. The number of carbonyl (C=O) groups is 2. The number of piperazine rings is 1. The summed E-state index contributed by atoms with van der Waals surface area (Å²) in [6, 6.07) is 5.59. The van der Waals surface area contributed by atoms with E-state index in [0.29, 0.717) is 18.7 Å². The third-order valence-corrected chi connectivity index (χ3v) is 4.66. The molecule has 2 aromatic rings. The number of aryl methyl sites for hydroxylation is 1. The van der Waals surface area contributed by atoms with E-state index in [0.717, 1.165) is 29.7 Å². The van der Waals surface area contributed by atoms with Crippen LogP contribution in [0, 0.1) is 0 Å². The van der Waals surface area contributed by atoms with Gasteiger partial charge in [0, 0.05) is 44.8 Å². The number of fused-ring (bicyclic) bond motifs is 1. The number of methoxy groups -OCH3 is 1. The Morgan fingerprint density at radius 2 is 1.74 bits per heavy atom. The molecule has 146 valence electrons. The topological polar surface area (TPSA) is 64.0 Å². The molecular weight excluding hydrogens is 346 g/mol. The lowest BCUT2D eigenvalue weighted by atomic mass is 10.1. The number of carbonyl (C=O) groups excluding carboxylic acids is 2. The maximum atomic E-state index is 12.2. The van der Waals surface area contributed by atoms with Crippen LogP contribution < -0.4 is 4.90 Å². The van der Waals surface area contributed by atoms with Crippen molar-refractivity contribution in [1.82, 2.24) is 9.47 Å². The molecule has 1 amide bonds. The van der Waals surface area contributed by atoms with Crippen LogP contribution in [0.1, 0.15) is 31.1 Å². The van der Waals surface area contributed by atoms with Gasteiger partial charge in [-0.2, -0.15) is 0 Å². The molecule has 1 saturated heterocycles. The SMILES string of the molecule is COC(=O)c1ccc2c(N3CCN(C(=O)OC(C)(C)C)CC3)cn(C)c2c1. The minimum Gasteiger partial charge on any atom is -0.465 e. The fourth-order valence-corrected chi connectivity index (χ4v) is 3.32. The Hall–Kier alpha value is -2.70. The van der Waals surface area contributed by atoms with Crippen molar-refractivity contribution in [2.45, 2.75) is 26.4 Å². The lowest BCUT2D eigenvalue weighted by molar-refractivity contribution is 0.0240. The molecule has 0 spiro atoms. The van der Waals surface area contributed by atoms with Crippen LogP contribution in [0.5, 0.6) is 0 Å². The first-order valence-electron chi connectivity index (χ1n) is 9.10. The van der Waals surface area contributed by atoms with Gasteiger partial charge in [-0.15, -0.1) is 0 Å². The average molecular weight is 373 g/mol. The van der Waals surface area contributed by atoms with Crippen molar-refractivity contribution in [2.75, 3.05) is 38.2 Å². The smallest absolute Gasteiger partial charge is 0.410 e. The molecule has 1 aliphatic rings. The maximum absolute atomic E-state index is 12.2. The van der Waals surface area contributed by atoms with E-state index < -0.39 is 5.60 Å². The second kappa shape index (κ2) is 7.13. The van der Waals surface area contributed by atoms with E-state index in [2.05, 4.69) is 11.1 Å². The number of amides is 1. The Kier molecular flexibility index (Phi) is 5.04. The molecule has 1 fully saturated rings. The maximum Gasteiger partial charge on any atom is 0.410 e. The Balaban J connectivity index is 1.76. The third kappa shape index (κ3) is 4.02. The van der Waals surface area contributed by atoms with Crippen LogP contribution in [-0.2, 0) is 16.5 Å². The highest BCUT2D eigenvalue weighted by molar-refractivity contribution is 5.99.